The van der Waals surface area contributed by atoms with Crippen LogP contribution < -0.4 is 0 Å². The van der Waals surface area contributed by atoms with Gasteiger partial charge < -0.3 is 0 Å². The van der Waals surface area contributed by atoms with Crippen LogP contribution in [-0.4, -0.2) is 14.6 Å². The predicted molar refractivity (Wildman–Crippen MR) is 33.5 cm³/mol. The Bertz CT molecular complexity index is 276. The number of hydrogen-bond donors (Lipinski definition) is 0. The summed E-state index contributed by atoms with van der Waals surface area (Å²) in [5, 5.41) is 19.2. The molecule has 0 bridgehead atoms. The molecule has 0 radical (unpaired) electrons. The Kier molecular flexibility index (Phi) is 1.55. The third kappa shape index (κ3) is 1.31. The van der Waals surface area contributed by atoms with Crippen molar-refractivity contribution in [1.29, 1.82) is 0 Å². The summed E-state index contributed by atoms with van der Waals surface area (Å²) in [4.78, 5) is 19.3. The number of nitro groups is 2. The molecule has 0 fully saturated rings. The van der Waals surface area contributed by atoms with E-state index in [1.807, 2.05) is 0 Å². The van der Waals surface area contributed by atoms with E-state index in [-0.39, 0.29) is 5.69 Å². The van der Waals surface area contributed by atoms with Gasteiger partial charge in [-0.1, -0.05) is 4.68 Å². The Labute approximate surface area is 60.1 Å². The van der Waals surface area contributed by atoms with Crippen molar-refractivity contribution in [2.45, 2.75) is 0 Å². The SMILES string of the molecule is O=[N+]([O-])c1ccn([N+](=O)[O-])c1. The summed E-state index contributed by atoms with van der Waals surface area (Å²) in [6.45, 7) is 0. The molecule has 0 saturated carbocycles. The number of hydrogen-bond acceptors (Lipinski definition) is 4. The number of nitrogens with zero attached hydrogens (tertiary/aromatic N) is 3. The smallest absolute Gasteiger partial charge is 0.258 e. The highest BCUT2D eigenvalue weighted by Crippen LogP contribution is 2.09. The Morgan fingerprint density at radius 1 is 1.36 bits per heavy atom. The van der Waals surface area contributed by atoms with Crippen molar-refractivity contribution in [2.75, 3.05) is 0 Å². The van der Waals surface area contributed by atoms with Crippen LogP contribution in [-0.2, 0) is 0 Å². The molecule has 1 rings (SSSR count). The molecule has 0 aliphatic heterocycles. The van der Waals surface area contributed by atoms with Gasteiger partial charge in [0.2, 0.25) is 0 Å². The van der Waals surface area contributed by atoms with Crippen molar-refractivity contribution in [2.24, 2.45) is 0 Å². The minimum atomic E-state index is -0.757. The highest BCUT2D eigenvalue weighted by molar-refractivity contribution is 5.24. The van der Waals surface area contributed by atoms with Gasteiger partial charge in [-0.15, -0.1) is 0 Å². The van der Waals surface area contributed by atoms with Gasteiger partial charge >= 0.3 is 0 Å². The zero-order valence-corrected chi connectivity index (χ0v) is 5.21. The largest absolute Gasteiger partial charge is 0.293 e. The topological polar surface area (TPSA) is 91.2 Å². The molecule has 0 aromatic carbocycles. The zero-order valence-electron chi connectivity index (χ0n) is 5.21. The minimum Gasteiger partial charge on any atom is -0.258 e. The molecular weight excluding hydrogens is 154 g/mol. The van der Waals surface area contributed by atoms with E-state index in [1.54, 1.807) is 0 Å². The van der Waals surface area contributed by atoms with Crippen LogP contribution in [0.1, 0.15) is 0 Å². The van der Waals surface area contributed by atoms with Gasteiger partial charge in [-0.25, -0.2) is 10.1 Å². The second kappa shape index (κ2) is 2.37. The Hall–Kier alpha value is -1.92. The third-order valence-corrected chi connectivity index (χ3v) is 1.06. The van der Waals surface area contributed by atoms with Crippen molar-refractivity contribution in [1.82, 2.24) is 4.68 Å². The summed E-state index contributed by atoms with van der Waals surface area (Å²) < 4.78 is 0.526. The third-order valence-electron chi connectivity index (χ3n) is 1.06. The van der Waals surface area contributed by atoms with Gasteiger partial charge in [-0.2, -0.15) is 0 Å². The predicted octanol–water partition coefficient (Wildman–Crippen LogP) is 0.436. The van der Waals surface area contributed by atoms with Gasteiger partial charge in [0.15, 0.2) is 11.2 Å². The minimum absolute atomic E-state index is 0.290. The van der Waals surface area contributed by atoms with Crippen LogP contribution in [0.2, 0.25) is 0 Å². The fourth-order valence-electron chi connectivity index (χ4n) is 0.584. The molecule has 0 aliphatic carbocycles. The summed E-state index contributed by atoms with van der Waals surface area (Å²) in [5.41, 5.74) is -0.290. The molecular formula is C4H3N3O4. The summed E-state index contributed by atoms with van der Waals surface area (Å²) in [6.07, 6.45) is 1.85. The fourth-order valence-corrected chi connectivity index (χ4v) is 0.584. The van der Waals surface area contributed by atoms with Crippen molar-refractivity contribution in [3.05, 3.63) is 38.7 Å². The van der Waals surface area contributed by atoms with Gasteiger partial charge in [0, 0.05) is 6.07 Å². The van der Waals surface area contributed by atoms with Gasteiger partial charge in [-0.05, 0) is 0 Å². The average molecular weight is 157 g/mol. The fraction of sp³-hybridized carbons (Fsp3) is 0. The molecule has 0 aliphatic rings. The van der Waals surface area contributed by atoms with Crippen LogP contribution in [0.3, 0.4) is 0 Å². The van der Waals surface area contributed by atoms with E-state index in [1.165, 1.54) is 0 Å². The van der Waals surface area contributed by atoms with Crippen molar-refractivity contribution in [3.63, 3.8) is 0 Å². The first-order valence-corrected chi connectivity index (χ1v) is 2.58. The van der Waals surface area contributed by atoms with Gasteiger partial charge in [0.1, 0.15) is 0 Å². The highest BCUT2D eigenvalue weighted by atomic mass is 16.7. The van der Waals surface area contributed by atoms with E-state index >= 15 is 0 Å². The first-order chi connectivity index (χ1) is 5.11. The summed E-state index contributed by atoms with van der Waals surface area (Å²) >= 11 is 0. The maximum Gasteiger partial charge on any atom is 0.293 e. The van der Waals surface area contributed by atoms with Crippen LogP contribution >= 0.6 is 0 Å². The van der Waals surface area contributed by atoms with E-state index in [2.05, 4.69) is 0 Å². The van der Waals surface area contributed by atoms with Crippen molar-refractivity contribution >= 4 is 5.69 Å². The van der Waals surface area contributed by atoms with E-state index in [9.17, 15) is 20.2 Å². The Morgan fingerprint density at radius 2 is 2.00 bits per heavy atom. The van der Waals surface area contributed by atoms with Crippen LogP contribution in [0.25, 0.3) is 0 Å². The summed E-state index contributed by atoms with van der Waals surface area (Å²) in [6, 6.07) is 1.06. The first kappa shape index (κ1) is 7.19. The molecule has 58 valence electrons. The second-order valence-electron chi connectivity index (χ2n) is 1.74. The molecule has 0 unspecified atom stereocenters. The number of rotatable bonds is 2. The molecule has 0 spiro atoms. The molecule has 7 nitrogen and oxygen atoms in total. The Balaban J connectivity index is 2.99. The maximum atomic E-state index is 10.0. The standard InChI is InChI=1S/C4H3N3O4/c8-6(9)4-1-2-5(3-4)7(10)11/h1-3H. The Morgan fingerprint density at radius 3 is 2.27 bits per heavy atom. The molecule has 0 atom stereocenters. The lowest BCUT2D eigenvalue weighted by molar-refractivity contribution is -0.542. The van der Waals surface area contributed by atoms with Crippen molar-refractivity contribution in [3.8, 4) is 0 Å². The molecule has 0 saturated heterocycles. The summed E-state index contributed by atoms with van der Waals surface area (Å²) in [5.74, 6) is 0. The lowest BCUT2D eigenvalue weighted by Gasteiger charge is -1.84. The molecule has 1 heterocycles. The molecule has 1 aromatic rings. The second-order valence-corrected chi connectivity index (χ2v) is 1.74. The first-order valence-electron chi connectivity index (χ1n) is 2.58. The quantitative estimate of drug-likeness (QED) is 0.459. The van der Waals surface area contributed by atoms with E-state index < -0.39 is 9.96 Å². The van der Waals surface area contributed by atoms with Gasteiger partial charge in [0.05, 0.1) is 11.1 Å². The average Bonchev–Trinajstić information content (AvgIpc) is 2.33. The van der Waals surface area contributed by atoms with Crippen molar-refractivity contribution < 1.29 is 9.96 Å². The monoisotopic (exact) mass is 157 g/mol. The molecule has 7 heteroatoms. The normalized spacial score (nSPS) is 9.45. The van der Waals surface area contributed by atoms with E-state index in [4.69, 9.17) is 0 Å². The van der Waals surface area contributed by atoms with E-state index in [0.717, 1.165) is 18.5 Å². The molecule has 0 N–H and O–H groups in total. The van der Waals surface area contributed by atoms with Gasteiger partial charge in [-0.3, -0.25) is 10.1 Å². The van der Waals surface area contributed by atoms with Crippen LogP contribution in [0.5, 0.6) is 0 Å². The highest BCUT2D eigenvalue weighted by Gasteiger charge is 2.11. The maximum absolute atomic E-state index is 10.0. The lowest BCUT2D eigenvalue weighted by Crippen LogP contribution is -2.04. The van der Waals surface area contributed by atoms with E-state index in [0.29, 0.717) is 4.68 Å². The number of aromatic nitrogens is 1. The lowest BCUT2D eigenvalue weighted by atomic mass is 10.6. The zero-order chi connectivity index (χ0) is 8.43. The molecule has 11 heavy (non-hydrogen) atoms. The van der Waals surface area contributed by atoms with Crippen LogP contribution in [0.15, 0.2) is 18.5 Å². The molecule has 0 amide bonds. The molecule has 1 aromatic heterocycles. The van der Waals surface area contributed by atoms with Crippen LogP contribution in [0.4, 0.5) is 5.69 Å². The van der Waals surface area contributed by atoms with Crippen LogP contribution in [0, 0.1) is 20.2 Å². The van der Waals surface area contributed by atoms with Gasteiger partial charge in [0.25, 0.3) is 5.69 Å². The summed E-state index contributed by atoms with van der Waals surface area (Å²) in [7, 11) is 0.